The van der Waals surface area contributed by atoms with Gasteiger partial charge in [0.2, 0.25) is 5.91 Å². The van der Waals surface area contributed by atoms with E-state index < -0.39 is 0 Å². The number of anilines is 1. The maximum atomic E-state index is 12.4. The van der Waals surface area contributed by atoms with Gasteiger partial charge >= 0.3 is 0 Å². The fraction of sp³-hybridized carbons (Fsp3) is 0.125. The van der Waals surface area contributed by atoms with Crippen molar-refractivity contribution >= 4 is 39.5 Å². The number of ether oxygens (including phenoxy) is 1. The van der Waals surface area contributed by atoms with Gasteiger partial charge in [0.25, 0.3) is 0 Å². The van der Waals surface area contributed by atoms with Crippen LogP contribution in [0.3, 0.4) is 0 Å². The zero-order valence-corrected chi connectivity index (χ0v) is 16.0. The number of hydrogen-bond acceptors (Lipinski definition) is 2. The predicted molar refractivity (Wildman–Crippen MR) is 116 cm³/mol. The Bertz CT molecular complexity index is 1190. The molecule has 4 nitrogen and oxygen atoms in total. The maximum absolute atomic E-state index is 12.4. The van der Waals surface area contributed by atoms with E-state index in [9.17, 15) is 4.79 Å². The molecule has 0 radical (unpaired) electrons. The second-order valence-corrected chi connectivity index (χ2v) is 6.56. The van der Waals surface area contributed by atoms with E-state index in [0.29, 0.717) is 0 Å². The summed E-state index contributed by atoms with van der Waals surface area (Å²) in [5.74, 6) is 0.560. The molecule has 3 aromatic carbocycles. The second kappa shape index (κ2) is 7.61. The summed E-state index contributed by atoms with van der Waals surface area (Å²) in [4.78, 5) is 12.4. The normalized spacial score (nSPS) is 11.4. The van der Waals surface area contributed by atoms with Gasteiger partial charge in [-0.2, -0.15) is 0 Å². The molecule has 4 aromatic rings. The highest BCUT2D eigenvalue weighted by molar-refractivity contribution is 6.10. The van der Waals surface area contributed by atoms with Crippen molar-refractivity contribution in [2.75, 3.05) is 12.4 Å². The molecule has 1 aromatic heterocycles. The summed E-state index contributed by atoms with van der Waals surface area (Å²) in [5.41, 5.74) is 4.02. The van der Waals surface area contributed by atoms with Crippen molar-refractivity contribution in [3.8, 4) is 5.75 Å². The van der Waals surface area contributed by atoms with E-state index in [2.05, 4.69) is 41.1 Å². The zero-order valence-electron chi connectivity index (χ0n) is 16.0. The topological polar surface area (TPSA) is 43.3 Å². The van der Waals surface area contributed by atoms with Gasteiger partial charge in [0.1, 0.15) is 5.75 Å². The number of fused-ring (bicyclic) bond motifs is 3. The average molecular weight is 370 g/mol. The molecule has 0 unspecified atom stereocenters. The molecule has 0 spiro atoms. The second-order valence-electron chi connectivity index (χ2n) is 6.56. The summed E-state index contributed by atoms with van der Waals surface area (Å²) in [7, 11) is 1.62. The molecule has 0 aliphatic heterocycles. The number of methoxy groups -OCH3 is 1. The number of nitrogens with one attached hydrogen (secondary N) is 1. The number of carbonyl (C=O) groups is 1. The van der Waals surface area contributed by atoms with E-state index in [1.807, 2.05) is 42.5 Å². The van der Waals surface area contributed by atoms with Gasteiger partial charge in [0.15, 0.2) is 0 Å². The van der Waals surface area contributed by atoms with Crippen molar-refractivity contribution in [1.29, 1.82) is 0 Å². The summed E-state index contributed by atoms with van der Waals surface area (Å²) in [5, 5.41) is 5.29. The smallest absolute Gasteiger partial charge is 0.248 e. The first-order valence-electron chi connectivity index (χ1n) is 9.34. The molecule has 4 rings (SSSR count). The summed E-state index contributed by atoms with van der Waals surface area (Å²) >= 11 is 0. The lowest BCUT2D eigenvalue weighted by Gasteiger charge is -2.06. The standard InChI is InChI=1S/C24H22N2O2/c1-3-26-21-10-6-5-9-19(21)20-16-18(13-14-22(20)26)25-24(27)15-12-17-8-4-7-11-23(17)28-2/h4-16H,3H2,1-2H3,(H,25,27)/b15-12+. The quantitative estimate of drug-likeness (QED) is 0.473. The fourth-order valence-corrected chi connectivity index (χ4v) is 3.63. The minimum Gasteiger partial charge on any atom is -0.496 e. The van der Waals surface area contributed by atoms with Gasteiger partial charge < -0.3 is 14.6 Å². The lowest BCUT2D eigenvalue weighted by Crippen LogP contribution is -2.07. The molecule has 4 heteroatoms. The SMILES string of the molecule is CCn1c2ccccc2c2cc(NC(=O)/C=C/c3ccccc3OC)ccc21. The molecular formula is C24H22N2O2. The number of amides is 1. The Labute approximate surface area is 164 Å². The van der Waals surface area contributed by atoms with Gasteiger partial charge in [-0.05, 0) is 43.3 Å². The molecule has 0 fully saturated rings. The van der Waals surface area contributed by atoms with Gasteiger partial charge in [0.05, 0.1) is 7.11 Å². The Morgan fingerprint density at radius 2 is 1.75 bits per heavy atom. The molecule has 1 amide bonds. The first-order valence-corrected chi connectivity index (χ1v) is 9.34. The maximum Gasteiger partial charge on any atom is 0.248 e. The third-order valence-corrected chi connectivity index (χ3v) is 4.91. The van der Waals surface area contributed by atoms with Crippen molar-refractivity contribution in [3.63, 3.8) is 0 Å². The van der Waals surface area contributed by atoms with Gasteiger partial charge in [-0.15, -0.1) is 0 Å². The van der Waals surface area contributed by atoms with Crippen LogP contribution in [0.2, 0.25) is 0 Å². The molecule has 1 heterocycles. The molecule has 140 valence electrons. The Morgan fingerprint density at radius 1 is 1.00 bits per heavy atom. The van der Waals surface area contributed by atoms with Crippen molar-refractivity contribution in [2.45, 2.75) is 13.5 Å². The number of nitrogens with zero attached hydrogens (tertiary/aromatic N) is 1. The van der Waals surface area contributed by atoms with Crippen molar-refractivity contribution < 1.29 is 9.53 Å². The Morgan fingerprint density at radius 3 is 2.57 bits per heavy atom. The minimum absolute atomic E-state index is 0.176. The van der Waals surface area contributed by atoms with E-state index in [1.54, 1.807) is 13.2 Å². The van der Waals surface area contributed by atoms with Crippen molar-refractivity contribution in [3.05, 3.63) is 78.4 Å². The summed E-state index contributed by atoms with van der Waals surface area (Å²) in [6.07, 6.45) is 3.28. The monoisotopic (exact) mass is 370 g/mol. The molecule has 0 saturated carbocycles. The van der Waals surface area contributed by atoms with Gasteiger partial charge in [-0.1, -0.05) is 36.4 Å². The van der Waals surface area contributed by atoms with Gasteiger partial charge in [0, 0.05) is 45.7 Å². The van der Waals surface area contributed by atoms with Crippen LogP contribution >= 0.6 is 0 Å². The van der Waals surface area contributed by atoms with E-state index in [-0.39, 0.29) is 5.91 Å². The molecule has 0 aliphatic carbocycles. The molecule has 28 heavy (non-hydrogen) atoms. The van der Waals surface area contributed by atoms with Crippen LogP contribution in [0.25, 0.3) is 27.9 Å². The number of aromatic nitrogens is 1. The van der Waals surface area contributed by atoms with Crippen LogP contribution in [0.4, 0.5) is 5.69 Å². The highest BCUT2D eigenvalue weighted by atomic mass is 16.5. The largest absolute Gasteiger partial charge is 0.496 e. The third kappa shape index (κ3) is 3.25. The highest BCUT2D eigenvalue weighted by Gasteiger charge is 2.10. The van der Waals surface area contributed by atoms with Crippen LogP contribution in [0.5, 0.6) is 5.75 Å². The van der Waals surface area contributed by atoms with E-state index >= 15 is 0 Å². The number of benzene rings is 3. The molecule has 1 N–H and O–H groups in total. The fourth-order valence-electron chi connectivity index (χ4n) is 3.63. The first kappa shape index (κ1) is 17.9. The molecule has 0 atom stereocenters. The molecule has 0 bridgehead atoms. The number of aryl methyl sites for hydroxylation is 1. The Kier molecular flexibility index (Phi) is 4.85. The van der Waals surface area contributed by atoms with Gasteiger partial charge in [-0.25, -0.2) is 0 Å². The van der Waals surface area contributed by atoms with Crippen LogP contribution in [-0.4, -0.2) is 17.6 Å². The number of carbonyl (C=O) groups excluding carboxylic acids is 1. The Hall–Kier alpha value is -3.53. The predicted octanol–water partition coefficient (Wildman–Crippen LogP) is 5.47. The van der Waals surface area contributed by atoms with Crippen LogP contribution in [0, 0.1) is 0 Å². The van der Waals surface area contributed by atoms with Crippen molar-refractivity contribution in [1.82, 2.24) is 4.57 Å². The molecule has 0 saturated heterocycles. The number of para-hydroxylation sites is 2. The van der Waals surface area contributed by atoms with Crippen LogP contribution in [0.15, 0.2) is 72.8 Å². The van der Waals surface area contributed by atoms with E-state index in [4.69, 9.17) is 4.74 Å². The molecular weight excluding hydrogens is 348 g/mol. The number of hydrogen-bond donors (Lipinski definition) is 1. The summed E-state index contributed by atoms with van der Waals surface area (Å²) in [6.45, 7) is 3.04. The molecule has 0 aliphatic rings. The lowest BCUT2D eigenvalue weighted by atomic mass is 10.1. The third-order valence-electron chi connectivity index (χ3n) is 4.91. The Balaban J connectivity index is 1.62. The lowest BCUT2D eigenvalue weighted by molar-refractivity contribution is -0.111. The van der Waals surface area contributed by atoms with Crippen LogP contribution < -0.4 is 10.1 Å². The van der Waals surface area contributed by atoms with Crippen LogP contribution in [-0.2, 0) is 11.3 Å². The minimum atomic E-state index is -0.176. The summed E-state index contributed by atoms with van der Waals surface area (Å²) in [6, 6.07) is 22.0. The number of rotatable bonds is 5. The highest BCUT2D eigenvalue weighted by Crippen LogP contribution is 2.31. The van der Waals surface area contributed by atoms with Crippen LogP contribution in [0.1, 0.15) is 12.5 Å². The van der Waals surface area contributed by atoms with E-state index in [1.165, 1.54) is 22.5 Å². The van der Waals surface area contributed by atoms with E-state index in [0.717, 1.165) is 28.9 Å². The van der Waals surface area contributed by atoms with Gasteiger partial charge in [-0.3, -0.25) is 4.79 Å². The summed E-state index contributed by atoms with van der Waals surface area (Å²) < 4.78 is 7.60. The van der Waals surface area contributed by atoms with Crippen molar-refractivity contribution in [2.24, 2.45) is 0 Å². The average Bonchev–Trinajstić information content (AvgIpc) is 3.05. The zero-order chi connectivity index (χ0) is 19.5. The first-order chi connectivity index (χ1) is 13.7.